The number of rotatable bonds is 12. The molecular weight excluding hydrogens is 437 g/mol. The van der Waals surface area contributed by atoms with E-state index in [4.69, 9.17) is 0 Å². The average molecular weight is 483 g/mol. The Hall–Kier alpha value is -1.49. The van der Waals surface area contributed by atoms with Crippen LogP contribution in [0.2, 0.25) is 0 Å². The van der Waals surface area contributed by atoms with Gasteiger partial charge in [0, 0.05) is 54.3 Å². The van der Waals surface area contributed by atoms with Gasteiger partial charge in [-0.05, 0) is 45.9 Å². The summed E-state index contributed by atoms with van der Waals surface area (Å²) in [7, 11) is 0. The Kier molecular flexibility index (Phi) is 12.4. The zero-order chi connectivity index (χ0) is 23.0. The van der Waals surface area contributed by atoms with Gasteiger partial charge in [0.15, 0.2) is 0 Å². The van der Waals surface area contributed by atoms with Crippen LogP contribution in [0.25, 0.3) is 0 Å². The van der Waals surface area contributed by atoms with Gasteiger partial charge in [-0.25, -0.2) is 0 Å². The van der Waals surface area contributed by atoms with Crippen molar-refractivity contribution in [2.24, 2.45) is 0 Å². The van der Waals surface area contributed by atoms with E-state index in [2.05, 4.69) is 108 Å². The SMILES string of the molecule is CC(C)c1cccc(C(C)C)c1NCCNCCNc1c(C(C)C)cccc1C(C)C.[Co]. The van der Waals surface area contributed by atoms with Gasteiger partial charge >= 0.3 is 0 Å². The molecule has 0 aliphatic carbocycles. The summed E-state index contributed by atoms with van der Waals surface area (Å²) in [5.41, 5.74) is 8.33. The van der Waals surface area contributed by atoms with E-state index in [-0.39, 0.29) is 16.8 Å². The smallest absolute Gasteiger partial charge is 0.0410 e. The zero-order valence-corrected chi connectivity index (χ0v) is 22.5. The van der Waals surface area contributed by atoms with Crippen LogP contribution in [0.1, 0.15) is 101 Å². The van der Waals surface area contributed by atoms with E-state index in [1.54, 1.807) is 0 Å². The van der Waals surface area contributed by atoms with E-state index in [0.29, 0.717) is 23.7 Å². The normalized spacial score (nSPS) is 11.4. The van der Waals surface area contributed by atoms with Crippen molar-refractivity contribution in [2.75, 3.05) is 36.8 Å². The van der Waals surface area contributed by atoms with Crippen LogP contribution in [0.3, 0.4) is 0 Å². The van der Waals surface area contributed by atoms with Crippen LogP contribution in [-0.2, 0) is 16.8 Å². The topological polar surface area (TPSA) is 36.1 Å². The fourth-order valence-electron chi connectivity index (χ4n) is 4.19. The van der Waals surface area contributed by atoms with E-state index < -0.39 is 0 Å². The van der Waals surface area contributed by atoms with Gasteiger partial charge in [0.25, 0.3) is 0 Å². The van der Waals surface area contributed by atoms with Gasteiger partial charge in [-0.2, -0.15) is 0 Å². The predicted molar refractivity (Wildman–Crippen MR) is 139 cm³/mol. The van der Waals surface area contributed by atoms with Crippen molar-refractivity contribution < 1.29 is 16.8 Å². The molecule has 0 heterocycles. The molecule has 0 aliphatic rings. The van der Waals surface area contributed by atoms with Crippen molar-refractivity contribution in [2.45, 2.75) is 79.1 Å². The first kappa shape index (κ1) is 28.5. The number of anilines is 2. The molecule has 32 heavy (non-hydrogen) atoms. The minimum Gasteiger partial charge on any atom is -0.383 e. The van der Waals surface area contributed by atoms with Crippen molar-refractivity contribution in [3.8, 4) is 0 Å². The zero-order valence-electron chi connectivity index (χ0n) is 21.4. The number of hydrogen-bond acceptors (Lipinski definition) is 3. The quantitative estimate of drug-likeness (QED) is 0.278. The molecule has 0 saturated heterocycles. The molecule has 3 nitrogen and oxygen atoms in total. The molecule has 0 fully saturated rings. The van der Waals surface area contributed by atoms with Crippen LogP contribution >= 0.6 is 0 Å². The van der Waals surface area contributed by atoms with Gasteiger partial charge in [-0.1, -0.05) is 91.8 Å². The first-order valence-corrected chi connectivity index (χ1v) is 12.2. The summed E-state index contributed by atoms with van der Waals surface area (Å²) in [5.74, 6) is 2.09. The average Bonchev–Trinajstić information content (AvgIpc) is 2.72. The summed E-state index contributed by atoms with van der Waals surface area (Å²) >= 11 is 0. The minimum absolute atomic E-state index is 0. The van der Waals surface area contributed by atoms with E-state index in [9.17, 15) is 0 Å². The van der Waals surface area contributed by atoms with Crippen molar-refractivity contribution in [3.05, 3.63) is 58.7 Å². The van der Waals surface area contributed by atoms with Crippen molar-refractivity contribution in [1.82, 2.24) is 5.32 Å². The molecule has 4 heteroatoms. The van der Waals surface area contributed by atoms with Crippen molar-refractivity contribution in [1.29, 1.82) is 0 Å². The minimum atomic E-state index is 0. The number of benzene rings is 2. The summed E-state index contributed by atoms with van der Waals surface area (Å²) in [4.78, 5) is 0. The Morgan fingerprint density at radius 3 is 1.03 bits per heavy atom. The molecule has 181 valence electrons. The van der Waals surface area contributed by atoms with Crippen molar-refractivity contribution in [3.63, 3.8) is 0 Å². The molecule has 0 bridgehead atoms. The third kappa shape index (κ3) is 7.82. The molecule has 0 aliphatic heterocycles. The van der Waals surface area contributed by atoms with E-state index in [0.717, 1.165) is 26.2 Å². The maximum absolute atomic E-state index is 3.72. The molecule has 0 aromatic heterocycles. The molecule has 3 N–H and O–H groups in total. The van der Waals surface area contributed by atoms with Crippen LogP contribution in [0.4, 0.5) is 11.4 Å². The Labute approximate surface area is 207 Å². The van der Waals surface area contributed by atoms with E-state index >= 15 is 0 Å². The van der Waals surface area contributed by atoms with Gasteiger partial charge in [0.2, 0.25) is 0 Å². The van der Waals surface area contributed by atoms with Crippen LogP contribution in [0.15, 0.2) is 36.4 Å². The molecule has 0 spiro atoms. The van der Waals surface area contributed by atoms with Gasteiger partial charge in [-0.15, -0.1) is 0 Å². The second kappa shape index (κ2) is 13.9. The fourth-order valence-corrected chi connectivity index (χ4v) is 4.19. The maximum Gasteiger partial charge on any atom is 0.0410 e. The summed E-state index contributed by atoms with van der Waals surface area (Å²) in [6.07, 6.45) is 0. The third-order valence-corrected chi connectivity index (χ3v) is 5.95. The Morgan fingerprint density at radius 1 is 0.500 bits per heavy atom. The summed E-state index contributed by atoms with van der Waals surface area (Å²) in [5, 5.41) is 11.0. The largest absolute Gasteiger partial charge is 0.383 e. The first-order valence-electron chi connectivity index (χ1n) is 12.2. The van der Waals surface area contributed by atoms with Gasteiger partial charge in [0.1, 0.15) is 0 Å². The molecular formula is C28H45CoN3. The Balaban J connectivity index is 0.00000512. The third-order valence-electron chi connectivity index (χ3n) is 5.95. The van der Waals surface area contributed by atoms with Crippen LogP contribution in [0, 0.1) is 0 Å². The van der Waals surface area contributed by atoms with Crippen LogP contribution < -0.4 is 16.0 Å². The van der Waals surface area contributed by atoms with Crippen LogP contribution in [0.5, 0.6) is 0 Å². The van der Waals surface area contributed by atoms with Gasteiger partial charge in [0.05, 0.1) is 0 Å². The predicted octanol–water partition coefficient (Wildman–Crippen LogP) is 7.29. The maximum atomic E-state index is 3.72. The molecule has 0 amide bonds. The summed E-state index contributed by atoms with van der Waals surface area (Å²) in [6, 6.07) is 13.4. The van der Waals surface area contributed by atoms with Gasteiger partial charge in [-0.3, -0.25) is 0 Å². The van der Waals surface area contributed by atoms with E-state index in [1.165, 1.54) is 33.6 Å². The van der Waals surface area contributed by atoms with Crippen LogP contribution in [-0.4, -0.2) is 26.2 Å². The molecule has 1 radical (unpaired) electrons. The second-order valence-corrected chi connectivity index (χ2v) is 9.85. The fraction of sp³-hybridized carbons (Fsp3) is 0.571. The Bertz CT molecular complexity index is 692. The second-order valence-electron chi connectivity index (χ2n) is 9.85. The Morgan fingerprint density at radius 2 is 0.781 bits per heavy atom. The molecule has 0 saturated carbocycles. The van der Waals surface area contributed by atoms with Gasteiger partial charge < -0.3 is 16.0 Å². The number of hydrogen-bond donors (Lipinski definition) is 3. The number of para-hydroxylation sites is 2. The molecule has 0 atom stereocenters. The molecule has 2 aromatic rings. The molecule has 2 rings (SSSR count). The standard InChI is InChI=1S/C28H45N3.Co/c1-19(2)23-11-9-12-24(20(3)4)27(23)30-17-15-29-16-18-31-28-25(21(5)6)13-10-14-26(28)22(7)8;/h9-14,19-22,29-31H,15-18H2,1-8H3;. The first-order chi connectivity index (χ1) is 14.7. The summed E-state index contributed by atoms with van der Waals surface area (Å²) in [6.45, 7) is 22.0. The number of nitrogens with one attached hydrogen (secondary N) is 3. The van der Waals surface area contributed by atoms with E-state index in [1.807, 2.05) is 0 Å². The monoisotopic (exact) mass is 482 g/mol. The summed E-state index contributed by atoms with van der Waals surface area (Å²) < 4.78 is 0. The molecule has 2 aromatic carbocycles. The van der Waals surface area contributed by atoms with Crippen molar-refractivity contribution >= 4 is 11.4 Å². The molecule has 0 unspecified atom stereocenters.